The molecular weight excluding hydrogens is 344 g/mol. The Morgan fingerprint density at radius 1 is 1.11 bits per heavy atom. The Hall–Kier alpha value is -3.28. The molecule has 1 aromatic heterocycles. The first kappa shape index (κ1) is 18.5. The van der Waals surface area contributed by atoms with E-state index in [0.717, 1.165) is 5.56 Å². The van der Waals surface area contributed by atoms with Gasteiger partial charge in [0.2, 0.25) is 5.91 Å². The van der Waals surface area contributed by atoms with Gasteiger partial charge >= 0.3 is 5.97 Å². The van der Waals surface area contributed by atoms with Gasteiger partial charge in [-0.1, -0.05) is 37.3 Å². The van der Waals surface area contributed by atoms with Crippen molar-refractivity contribution in [2.24, 2.45) is 0 Å². The molecule has 1 amide bonds. The summed E-state index contributed by atoms with van der Waals surface area (Å²) in [5.41, 5.74) is 2.23. The number of hydrogen-bond acceptors (Lipinski definition) is 4. The smallest absolute Gasteiger partial charge is 0.356 e. The first-order valence-electron chi connectivity index (χ1n) is 8.72. The minimum atomic E-state index is -0.548. The van der Waals surface area contributed by atoms with Crippen LogP contribution in [0.4, 0.5) is 5.69 Å². The fourth-order valence-electron chi connectivity index (χ4n) is 3.16. The molecule has 2 aromatic carbocycles. The molecule has 27 heavy (non-hydrogen) atoms. The molecule has 0 aliphatic rings. The molecule has 3 aromatic rings. The maximum absolute atomic E-state index is 13.0. The predicted molar refractivity (Wildman–Crippen MR) is 104 cm³/mol. The second-order valence-electron chi connectivity index (χ2n) is 6.14. The van der Waals surface area contributed by atoms with Gasteiger partial charge in [-0.3, -0.25) is 4.79 Å². The molecule has 0 fully saturated rings. The van der Waals surface area contributed by atoms with E-state index >= 15 is 0 Å². The zero-order valence-electron chi connectivity index (χ0n) is 15.5. The molecule has 0 spiro atoms. The van der Waals surface area contributed by atoms with Crippen molar-refractivity contribution in [2.45, 2.75) is 19.3 Å². The number of methoxy groups -OCH3 is 2. The number of hydrogen-bond donors (Lipinski definition) is 2. The zero-order chi connectivity index (χ0) is 19.4. The summed E-state index contributed by atoms with van der Waals surface area (Å²) in [5, 5.41) is 3.64. The predicted octanol–water partition coefficient (Wildman–Crippen LogP) is 4.10. The number of carbonyl (C=O) groups excluding carboxylic acids is 2. The molecule has 0 unspecified atom stereocenters. The highest BCUT2D eigenvalue weighted by Crippen LogP contribution is 2.32. The van der Waals surface area contributed by atoms with E-state index in [1.54, 1.807) is 25.3 Å². The number of anilines is 1. The van der Waals surface area contributed by atoms with Crippen LogP contribution in [0.3, 0.4) is 0 Å². The summed E-state index contributed by atoms with van der Waals surface area (Å²) in [5.74, 6) is -0.396. The van der Waals surface area contributed by atoms with Gasteiger partial charge in [0.05, 0.1) is 31.3 Å². The van der Waals surface area contributed by atoms with E-state index < -0.39 is 5.97 Å². The average Bonchev–Trinajstić information content (AvgIpc) is 3.06. The molecule has 1 heterocycles. The van der Waals surface area contributed by atoms with Crippen molar-refractivity contribution in [3.05, 3.63) is 59.8 Å². The highest BCUT2D eigenvalue weighted by atomic mass is 16.5. The second kappa shape index (κ2) is 7.95. The summed E-state index contributed by atoms with van der Waals surface area (Å²) >= 11 is 0. The standard InChI is InChI=1S/C21H22N2O4/c1-4-15(13-8-6-5-7-9-13)20(24)23-18-16-11-10-14(26-2)12-17(16)22-19(18)21(25)27-3/h5-12,15,22H,4H2,1-3H3,(H,23,24)/t15-/m0/s1. The van der Waals surface area contributed by atoms with E-state index in [9.17, 15) is 9.59 Å². The summed E-state index contributed by atoms with van der Waals surface area (Å²) in [4.78, 5) is 28.2. The van der Waals surface area contributed by atoms with Crippen LogP contribution >= 0.6 is 0 Å². The van der Waals surface area contributed by atoms with E-state index in [4.69, 9.17) is 9.47 Å². The molecule has 0 radical (unpaired) electrons. The first-order valence-corrected chi connectivity index (χ1v) is 8.72. The Labute approximate surface area is 157 Å². The third-order valence-corrected chi connectivity index (χ3v) is 4.57. The lowest BCUT2D eigenvalue weighted by Crippen LogP contribution is -2.22. The molecule has 0 aliphatic carbocycles. The third-order valence-electron chi connectivity index (χ3n) is 4.57. The van der Waals surface area contributed by atoms with Crippen LogP contribution in [0, 0.1) is 0 Å². The molecule has 6 nitrogen and oxygen atoms in total. The fourth-order valence-corrected chi connectivity index (χ4v) is 3.16. The van der Waals surface area contributed by atoms with Crippen molar-refractivity contribution in [1.29, 1.82) is 0 Å². The van der Waals surface area contributed by atoms with Crippen LogP contribution in [0.2, 0.25) is 0 Å². The molecule has 3 rings (SSSR count). The van der Waals surface area contributed by atoms with E-state index in [1.807, 2.05) is 37.3 Å². The molecule has 2 N–H and O–H groups in total. The molecule has 6 heteroatoms. The summed E-state index contributed by atoms with van der Waals surface area (Å²) in [6.45, 7) is 1.96. The molecule has 0 saturated heterocycles. The number of benzene rings is 2. The van der Waals surface area contributed by atoms with Gasteiger partial charge in [0.1, 0.15) is 11.4 Å². The normalized spacial score (nSPS) is 11.8. The zero-order valence-corrected chi connectivity index (χ0v) is 15.5. The number of carbonyl (C=O) groups is 2. The molecule has 0 bridgehead atoms. The number of H-pyrrole nitrogens is 1. The van der Waals surface area contributed by atoms with Crippen molar-refractivity contribution in [3.63, 3.8) is 0 Å². The quantitative estimate of drug-likeness (QED) is 0.644. The lowest BCUT2D eigenvalue weighted by atomic mass is 9.95. The van der Waals surface area contributed by atoms with Gasteiger partial charge in [-0.15, -0.1) is 0 Å². The van der Waals surface area contributed by atoms with Gasteiger partial charge in [0.15, 0.2) is 0 Å². The Kier molecular flexibility index (Phi) is 5.45. The van der Waals surface area contributed by atoms with Crippen molar-refractivity contribution in [2.75, 3.05) is 19.5 Å². The van der Waals surface area contributed by atoms with E-state index in [0.29, 0.717) is 28.8 Å². The van der Waals surface area contributed by atoms with E-state index in [-0.39, 0.29) is 17.5 Å². The van der Waals surface area contributed by atoms with Gasteiger partial charge in [-0.2, -0.15) is 0 Å². The summed E-state index contributed by atoms with van der Waals surface area (Å²) < 4.78 is 10.1. The fraction of sp³-hybridized carbons (Fsp3) is 0.238. The van der Waals surface area contributed by atoms with E-state index in [2.05, 4.69) is 10.3 Å². The number of amides is 1. The number of aromatic nitrogens is 1. The van der Waals surface area contributed by atoms with Gasteiger partial charge in [-0.25, -0.2) is 4.79 Å². The molecule has 0 saturated carbocycles. The number of ether oxygens (including phenoxy) is 2. The number of rotatable bonds is 6. The second-order valence-corrected chi connectivity index (χ2v) is 6.14. The van der Waals surface area contributed by atoms with Gasteiger partial charge < -0.3 is 19.8 Å². The van der Waals surface area contributed by atoms with Crippen LogP contribution in [0.25, 0.3) is 10.9 Å². The number of esters is 1. The van der Waals surface area contributed by atoms with Crippen LogP contribution in [-0.4, -0.2) is 31.1 Å². The molecular formula is C21H22N2O4. The lowest BCUT2D eigenvalue weighted by molar-refractivity contribution is -0.117. The lowest BCUT2D eigenvalue weighted by Gasteiger charge is -2.16. The molecule has 1 atom stereocenters. The van der Waals surface area contributed by atoms with Crippen molar-refractivity contribution in [3.8, 4) is 5.75 Å². The summed E-state index contributed by atoms with van der Waals surface area (Å²) in [6, 6.07) is 14.9. The van der Waals surface area contributed by atoms with Crippen LogP contribution in [0.1, 0.15) is 35.3 Å². The maximum Gasteiger partial charge on any atom is 0.356 e. The molecule has 0 aliphatic heterocycles. The first-order chi connectivity index (χ1) is 13.1. The number of aromatic amines is 1. The summed E-state index contributed by atoms with van der Waals surface area (Å²) in [6.07, 6.45) is 0.638. The Balaban J connectivity index is 2.01. The van der Waals surface area contributed by atoms with E-state index in [1.165, 1.54) is 7.11 Å². The van der Waals surface area contributed by atoms with Crippen molar-refractivity contribution in [1.82, 2.24) is 4.98 Å². The minimum Gasteiger partial charge on any atom is -0.497 e. The van der Waals surface area contributed by atoms with Crippen LogP contribution in [-0.2, 0) is 9.53 Å². The largest absolute Gasteiger partial charge is 0.497 e. The highest BCUT2D eigenvalue weighted by molar-refractivity contribution is 6.12. The Morgan fingerprint density at radius 2 is 1.85 bits per heavy atom. The van der Waals surface area contributed by atoms with Crippen molar-refractivity contribution < 1.29 is 19.1 Å². The maximum atomic E-state index is 13.0. The van der Waals surface area contributed by atoms with Crippen LogP contribution in [0.15, 0.2) is 48.5 Å². The number of nitrogens with one attached hydrogen (secondary N) is 2. The van der Waals surface area contributed by atoms with Gasteiger partial charge in [0, 0.05) is 11.5 Å². The highest BCUT2D eigenvalue weighted by Gasteiger charge is 2.24. The third kappa shape index (κ3) is 3.65. The monoisotopic (exact) mass is 366 g/mol. The van der Waals surface area contributed by atoms with Gasteiger partial charge in [0.25, 0.3) is 0 Å². The SMILES string of the molecule is CC[C@H](C(=O)Nc1c(C(=O)OC)[nH]c2cc(OC)ccc12)c1ccccc1. The van der Waals surface area contributed by atoms with Crippen LogP contribution < -0.4 is 10.1 Å². The summed E-state index contributed by atoms with van der Waals surface area (Å²) in [7, 11) is 2.87. The van der Waals surface area contributed by atoms with Crippen LogP contribution in [0.5, 0.6) is 5.75 Å². The molecule has 140 valence electrons. The Morgan fingerprint density at radius 3 is 2.48 bits per heavy atom. The average molecular weight is 366 g/mol. The minimum absolute atomic E-state index is 0.175. The van der Waals surface area contributed by atoms with Gasteiger partial charge in [-0.05, 0) is 24.1 Å². The number of fused-ring (bicyclic) bond motifs is 1. The van der Waals surface area contributed by atoms with Crippen molar-refractivity contribution >= 4 is 28.5 Å². The topological polar surface area (TPSA) is 80.4 Å². The Bertz CT molecular complexity index is 963.